The molecule has 0 aliphatic carbocycles. The molecule has 352 valence electrons. The van der Waals surface area contributed by atoms with Gasteiger partial charge in [-0.25, -0.2) is 0 Å². The Morgan fingerprint density at radius 1 is 0.333 bits per heavy atom. The Kier molecular flexibility index (Phi) is 47.8. The zero-order chi connectivity index (χ0) is 43.7. The van der Waals surface area contributed by atoms with E-state index >= 15 is 0 Å². The van der Waals surface area contributed by atoms with E-state index in [2.05, 4.69) is 45.1 Å². The molecule has 0 aliphatic heterocycles. The molecule has 0 rings (SSSR count). The molecule has 0 N–H and O–H groups in total. The molecule has 0 aromatic heterocycles. The first kappa shape index (κ1) is 57.9. The second-order valence-electron chi connectivity index (χ2n) is 17.8. The molecule has 6 heteroatoms. The Morgan fingerprint density at radius 3 is 0.983 bits per heavy atom. The lowest BCUT2D eigenvalue weighted by molar-refractivity contribution is -0.167. The van der Waals surface area contributed by atoms with Crippen molar-refractivity contribution in [3.05, 3.63) is 24.3 Å². The fraction of sp³-hybridized carbons (Fsp3) is 0.870. The van der Waals surface area contributed by atoms with Gasteiger partial charge in [0.1, 0.15) is 13.2 Å². The highest BCUT2D eigenvalue weighted by atomic mass is 16.6. The van der Waals surface area contributed by atoms with E-state index in [0.717, 1.165) is 89.9 Å². The molecular formula is C54H100O6. The lowest BCUT2D eigenvalue weighted by Crippen LogP contribution is -2.30. The molecule has 6 nitrogen and oxygen atoms in total. The van der Waals surface area contributed by atoms with Crippen LogP contribution in [0, 0.1) is 0 Å². The monoisotopic (exact) mass is 845 g/mol. The Bertz CT molecular complexity index is 973. The Morgan fingerprint density at radius 2 is 0.633 bits per heavy atom. The molecule has 0 aliphatic rings. The van der Waals surface area contributed by atoms with Crippen molar-refractivity contribution in [1.82, 2.24) is 0 Å². The lowest BCUT2D eigenvalue weighted by Gasteiger charge is -2.18. The summed E-state index contributed by atoms with van der Waals surface area (Å²) in [6.45, 7) is 6.55. The summed E-state index contributed by atoms with van der Waals surface area (Å²) < 4.78 is 16.7. The fourth-order valence-corrected chi connectivity index (χ4v) is 7.72. The van der Waals surface area contributed by atoms with Crippen molar-refractivity contribution in [1.29, 1.82) is 0 Å². The first-order valence-corrected chi connectivity index (χ1v) is 26.3. The van der Waals surface area contributed by atoms with E-state index in [-0.39, 0.29) is 31.1 Å². The molecule has 1 unspecified atom stereocenters. The molecule has 0 heterocycles. The summed E-state index contributed by atoms with van der Waals surface area (Å²) in [4.78, 5) is 37.8. The van der Waals surface area contributed by atoms with Crippen LogP contribution in [-0.4, -0.2) is 37.2 Å². The molecule has 0 saturated heterocycles. The predicted molar refractivity (Wildman–Crippen MR) is 256 cm³/mol. The molecule has 0 amide bonds. The molecule has 60 heavy (non-hydrogen) atoms. The van der Waals surface area contributed by atoms with E-state index in [1.54, 1.807) is 0 Å². The van der Waals surface area contributed by atoms with Crippen molar-refractivity contribution in [3.63, 3.8) is 0 Å². The SMILES string of the molecule is CCC/C=C\C/C=C\CCCCCCCC(=O)OC(COC(=O)CCCCCCCCC)COC(=O)CCCCCCCCCCCCCCCCCCCCCCCC. The van der Waals surface area contributed by atoms with E-state index in [1.165, 1.54) is 154 Å². The van der Waals surface area contributed by atoms with Crippen LogP contribution >= 0.6 is 0 Å². The molecule has 0 saturated carbocycles. The number of hydrogen-bond donors (Lipinski definition) is 0. The number of carbonyl (C=O) groups excluding carboxylic acids is 3. The summed E-state index contributed by atoms with van der Waals surface area (Å²) in [6.07, 6.45) is 56.2. The molecule has 0 aromatic carbocycles. The Balaban J connectivity index is 4.13. The summed E-state index contributed by atoms with van der Waals surface area (Å²) in [5.41, 5.74) is 0. The quantitative estimate of drug-likeness (QED) is 0.0263. The van der Waals surface area contributed by atoms with Gasteiger partial charge < -0.3 is 14.2 Å². The van der Waals surface area contributed by atoms with Gasteiger partial charge in [0, 0.05) is 19.3 Å². The van der Waals surface area contributed by atoms with Crippen molar-refractivity contribution in [2.75, 3.05) is 13.2 Å². The van der Waals surface area contributed by atoms with E-state index < -0.39 is 6.10 Å². The molecule has 0 spiro atoms. The molecule has 0 aromatic rings. The second kappa shape index (κ2) is 49.5. The highest BCUT2D eigenvalue weighted by Crippen LogP contribution is 2.17. The van der Waals surface area contributed by atoms with E-state index in [1.807, 2.05) is 0 Å². The van der Waals surface area contributed by atoms with Gasteiger partial charge in [-0.15, -0.1) is 0 Å². The minimum atomic E-state index is -0.771. The standard InChI is InChI=1S/C54H100O6/c1-4-7-10-13-16-18-20-22-23-24-25-26-27-28-29-30-32-33-35-38-41-44-47-53(56)59-50-51(49-58-52(55)46-43-40-37-15-12-9-6-3)60-54(57)48-45-42-39-36-34-31-21-19-17-14-11-8-5-2/h11,14,19,21,51H,4-10,12-13,15-18,20,22-50H2,1-3H3/b14-11-,21-19-. The maximum atomic E-state index is 12.7. The van der Waals surface area contributed by atoms with Crippen LogP contribution in [0.4, 0.5) is 0 Å². The van der Waals surface area contributed by atoms with Crippen molar-refractivity contribution in [2.24, 2.45) is 0 Å². The van der Waals surface area contributed by atoms with Crippen LogP contribution in [0.2, 0.25) is 0 Å². The van der Waals surface area contributed by atoms with E-state index in [9.17, 15) is 14.4 Å². The summed E-state index contributed by atoms with van der Waals surface area (Å²) in [7, 11) is 0. The normalized spacial score (nSPS) is 12.1. The third-order valence-electron chi connectivity index (χ3n) is 11.7. The predicted octanol–water partition coefficient (Wildman–Crippen LogP) is 17.2. The minimum Gasteiger partial charge on any atom is -0.462 e. The highest BCUT2D eigenvalue weighted by molar-refractivity contribution is 5.71. The lowest BCUT2D eigenvalue weighted by atomic mass is 10.0. The average Bonchev–Trinajstić information content (AvgIpc) is 3.24. The zero-order valence-corrected chi connectivity index (χ0v) is 40.2. The number of ether oxygens (including phenoxy) is 3. The summed E-state index contributed by atoms with van der Waals surface area (Å²) in [6, 6.07) is 0. The number of unbranched alkanes of at least 4 members (excludes halogenated alkanes) is 33. The smallest absolute Gasteiger partial charge is 0.306 e. The van der Waals surface area contributed by atoms with Crippen molar-refractivity contribution in [2.45, 2.75) is 290 Å². The van der Waals surface area contributed by atoms with Gasteiger partial charge in [-0.05, 0) is 44.9 Å². The van der Waals surface area contributed by atoms with Crippen LogP contribution in [0.15, 0.2) is 24.3 Å². The molecule has 0 radical (unpaired) electrons. The number of esters is 3. The second-order valence-corrected chi connectivity index (χ2v) is 17.8. The van der Waals surface area contributed by atoms with Gasteiger partial charge in [-0.2, -0.15) is 0 Å². The van der Waals surface area contributed by atoms with Gasteiger partial charge in [0.25, 0.3) is 0 Å². The van der Waals surface area contributed by atoms with E-state index in [0.29, 0.717) is 19.3 Å². The van der Waals surface area contributed by atoms with Gasteiger partial charge in [0.05, 0.1) is 0 Å². The third-order valence-corrected chi connectivity index (χ3v) is 11.7. The first-order chi connectivity index (χ1) is 29.5. The largest absolute Gasteiger partial charge is 0.462 e. The highest BCUT2D eigenvalue weighted by Gasteiger charge is 2.19. The van der Waals surface area contributed by atoms with Crippen LogP contribution in [-0.2, 0) is 28.6 Å². The topological polar surface area (TPSA) is 78.9 Å². The average molecular weight is 845 g/mol. The fourth-order valence-electron chi connectivity index (χ4n) is 7.72. The third kappa shape index (κ3) is 46.9. The number of hydrogen-bond acceptors (Lipinski definition) is 6. The van der Waals surface area contributed by atoms with Gasteiger partial charge >= 0.3 is 17.9 Å². The van der Waals surface area contributed by atoms with Gasteiger partial charge in [-0.3, -0.25) is 14.4 Å². The van der Waals surface area contributed by atoms with Crippen LogP contribution < -0.4 is 0 Å². The van der Waals surface area contributed by atoms with Crippen molar-refractivity contribution >= 4 is 17.9 Å². The first-order valence-electron chi connectivity index (χ1n) is 26.3. The van der Waals surface area contributed by atoms with Crippen LogP contribution in [0.3, 0.4) is 0 Å². The van der Waals surface area contributed by atoms with Crippen LogP contribution in [0.25, 0.3) is 0 Å². The van der Waals surface area contributed by atoms with E-state index in [4.69, 9.17) is 14.2 Å². The molecule has 0 bridgehead atoms. The van der Waals surface area contributed by atoms with Crippen molar-refractivity contribution < 1.29 is 28.6 Å². The van der Waals surface area contributed by atoms with Gasteiger partial charge in [0.15, 0.2) is 6.10 Å². The number of carbonyl (C=O) groups is 3. The minimum absolute atomic E-state index is 0.0729. The molecule has 0 fully saturated rings. The van der Waals surface area contributed by atoms with Gasteiger partial charge in [0.2, 0.25) is 0 Å². The summed E-state index contributed by atoms with van der Waals surface area (Å²) in [5.74, 6) is -0.882. The van der Waals surface area contributed by atoms with Gasteiger partial charge in [-0.1, -0.05) is 244 Å². The maximum absolute atomic E-state index is 12.7. The van der Waals surface area contributed by atoms with Crippen LogP contribution in [0.1, 0.15) is 284 Å². The summed E-state index contributed by atoms with van der Waals surface area (Å²) >= 11 is 0. The molecule has 1 atom stereocenters. The number of allylic oxidation sites excluding steroid dienone is 4. The zero-order valence-electron chi connectivity index (χ0n) is 40.2. The Labute approximate surface area is 373 Å². The Hall–Kier alpha value is -2.11. The molecular weight excluding hydrogens is 745 g/mol. The van der Waals surface area contributed by atoms with Crippen molar-refractivity contribution in [3.8, 4) is 0 Å². The van der Waals surface area contributed by atoms with Crippen LogP contribution in [0.5, 0.6) is 0 Å². The maximum Gasteiger partial charge on any atom is 0.306 e. The number of rotatable bonds is 48. The summed E-state index contributed by atoms with van der Waals surface area (Å²) in [5, 5.41) is 0.